The molecule has 30 heavy (non-hydrogen) atoms. The summed E-state index contributed by atoms with van der Waals surface area (Å²) in [5.74, 6) is -1.08. The number of nitrogens with one attached hydrogen (secondary N) is 2. The highest BCUT2D eigenvalue weighted by atomic mass is 16.6. The van der Waals surface area contributed by atoms with Gasteiger partial charge in [0, 0.05) is 17.7 Å². The van der Waals surface area contributed by atoms with Crippen molar-refractivity contribution in [2.75, 3.05) is 5.43 Å². The molecule has 152 valence electrons. The van der Waals surface area contributed by atoms with E-state index in [9.17, 15) is 25.0 Å². The number of nitrogens with zero attached hydrogens (tertiary/aromatic N) is 4. The van der Waals surface area contributed by atoms with Crippen LogP contribution in [0.25, 0.3) is 0 Å². The van der Waals surface area contributed by atoms with E-state index in [-0.39, 0.29) is 22.9 Å². The van der Waals surface area contributed by atoms with Gasteiger partial charge in [-0.1, -0.05) is 23.8 Å². The maximum absolute atomic E-state index is 12.2. The van der Waals surface area contributed by atoms with Gasteiger partial charge < -0.3 is 4.74 Å². The smallest absolute Gasteiger partial charge is 0.374 e. The molecule has 1 aromatic heterocycles. The maximum Gasteiger partial charge on any atom is 0.374 e. The van der Waals surface area contributed by atoms with Crippen molar-refractivity contribution in [1.82, 2.24) is 15.4 Å². The molecule has 12 nitrogen and oxygen atoms in total. The Kier molecular flexibility index (Phi) is 5.77. The molecule has 1 heterocycles. The van der Waals surface area contributed by atoms with E-state index in [1.54, 1.807) is 24.3 Å². The van der Waals surface area contributed by atoms with Crippen LogP contribution in [0.5, 0.6) is 11.6 Å². The molecule has 0 saturated heterocycles. The largest absolute Gasteiger partial charge is 0.434 e. The summed E-state index contributed by atoms with van der Waals surface area (Å²) in [5, 5.41) is 22.4. The molecule has 0 saturated carbocycles. The molecular formula is C18H14N6O6. The number of benzene rings is 2. The van der Waals surface area contributed by atoms with Gasteiger partial charge in [-0.3, -0.25) is 35.9 Å². The summed E-state index contributed by atoms with van der Waals surface area (Å²) < 4.78 is 5.48. The first-order valence-corrected chi connectivity index (χ1v) is 8.40. The average molecular weight is 410 g/mol. The van der Waals surface area contributed by atoms with Crippen molar-refractivity contribution < 1.29 is 19.4 Å². The van der Waals surface area contributed by atoms with Gasteiger partial charge in [-0.25, -0.2) is 4.98 Å². The van der Waals surface area contributed by atoms with Crippen molar-refractivity contribution in [3.05, 3.63) is 86.2 Å². The van der Waals surface area contributed by atoms with Crippen molar-refractivity contribution in [3.63, 3.8) is 0 Å². The molecule has 12 heteroatoms. The maximum atomic E-state index is 12.2. The molecule has 2 N–H and O–H groups in total. The number of aromatic nitrogens is 2. The van der Waals surface area contributed by atoms with Gasteiger partial charge >= 0.3 is 11.6 Å². The molecule has 2 aromatic carbocycles. The Bertz CT molecular complexity index is 1120. The van der Waals surface area contributed by atoms with Crippen molar-refractivity contribution in [2.24, 2.45) is 0 Å². The number of carbonyl (C=O) groups is 1. The van der Waals surface area contributed by atoms with Crippen LogP contribution < -0.4 is 15.6 Å². The summed E-state index contributed by atoms with van der Waals surface area (Å²) in [7, 11) is 0. The van der Waals surface area contributed by atoms with Gasteiger partial charge in [0.05, 0.1) is 9.85 Å². The van der Waals surface area contributed by atoms with E-state index in [1.807, 2.05) is 6.92 Å². The number of anilines is 1. The second kappa shape index (κ2) is 8.60. The summed E-state index contributed by atoms with van der Waals surface area (Å²) in [6.45, 7) is 1.88. The first-order chi connectivity index (χ1) is 14.3. The second-order valence-corrected chi connectivity index (χ2v) is 5.93. The molecule has 0 spiro atoms. The Hall–Kier alpha value is -4.61. The van der Waals surface area contributed by atoms with Crippen LogP contribution in [0.4, 0.5) is 17.2 Å². The first kappa shape index (κ1) is 20.1. The van der Waals surface area contributed by atoms with E-state index in [0.29, 0.717) is 5.75 Å². The number of nitro groups is 2. The minimum absolute atomic E-state index is 0.0236. The predicted molar refractivity (Wildman–Crippen MR) is 104 cm³/mol. The molecule has 3 rings (SSSR count). The number of hydrogen-bond donors (Lipinski definition) is 2. The fraction of sp³-hybridized carbons (Fsp3) is 0.0556. The van der Waals surface area contributed by atoms with Gasteiger partial charge in [0.15, 0.2) is 0 Å². The third kappa shape index (κ3) is 4.62. The van der Waals surface area contributed by atoms with Crippen LogP contribution in [0, 0.1) is 27.2 Å². The standard InChI is InChI=1S/C18H14N6O6/c1-11-5-7-14(8-6-11)30-18-15(24(28)29)16(19-10-20-18)21-22-17(25)12-3-2-4-13(9-12)23(26)27/h2-10H,1H3,(H,22,25)(H,19,20,21). The van der Waals surface area contributed by atoms with Crippen LogP contribution in [0.1, 0.15) is 15.9 Å². The van der Waals surface area contributed by atoms with E-state index in [4.69, 9.17) is 4.74 Å². The molecule has 3 aromatic rings. The fourth-order valence-corrected chi connectivity index (χ4v) is 2.36. The monoisotopic (exact) mass is 410 g/mol. The summed E-state index contributed by atoms with van der Waals surface area (Å²) >= 11 is 0. The zero-order valence-corrected chi connectivity index (χ0v) is 15.4. The van der Waals surface area contributed by atoms with E-state index < -0.39 is 21.4 Å². The minimum atomic E-state index is -0.759. The van der Waals surface area contributed by atoms with Crippen molar-refractivity contribution >= 4 is 23.1 Å². The van der Waals surface area contributed by atoms with Crippen molar-refractivity contribution in [3.8, 4) is 11.6 Å². The molecule has 0 aliphatic carbocycles. The molecule has 1 amide bonds. The van der Waals surface area contributed by atoms with Gasteiger partial charge in [-0.05, 0) is 25.1 Å². The number of aryl methyl sites for hydroxylation is 1. The number of nitro benzene ring substituents is 1. The van der Waals surface area contributed by atoms with Crippen molar-refractivity contribution in [2.45, 2.75) is 6.92 Å². The summed E-state index contributed by atoms with van der Waals surface area (Å²) in [4.78, 5) is 40.8. The molecule has 0 bridgehead atoms. The average Bonchev–Trinajstić information content (AvgIpc) is 2.73. The van der Waals surface area contributed by atoms with E-state index in [2.05, 4.69) is 20.8 Å². The Balaban J connectivity index is 1.81. The molecule has 0 aliphatic rings. The SMILES string of the molecule is Cc1ccc(Oc2ncnc(NNC(=O)c3cccc([N+](=O)[O-])c3)c2[N+](=O)[O-])cc1. The minimum Gasteiger partial charge on any atom is -0.434 e. The topological polar surface area (TPSA) is 162 Å². The lowest BCUT2D eigenvalue weighted by Gasteiger charge is -2.10. The van der Waals surface area contributed by atoms with Crippen molar-refractivity contribution in [1.29, 1.82) is 0 Å². The summed E-state index contributed by atoms with van der Waals surface area (Å²) in [6, 6.07) is 11.8. The lowest BCUT2D eigenvalue weighted by molar-refractivity contribution is -0.385. The van der Waals surface area contributed by atoms with Gasteiger partial charge in [0.25, 0.3) is 11.6 Å². The molecule has 0 atom stereocenters. The Morgan fingerprint density at radius 2 is 1.77 bits per heavy atom. The third-order valence-electron chi connectivity index (χ3n) is 3.82. The Labute approximate surface area is 168 Å². The Morgan fingerprint density at radius 3 is 2.43 bits per heavy atom. The number of amides is 1. The number of non-ortho nitro benzene ring substituents is 1. The highest BCUT2D eigenvalue weighted by Crippen LogP contribution is 2.33. The number of hydrazine groups is 1. The van der Waals surface area contributed by atoms with Gasteiger partial charge in [0.1, 0.15) is 12.1 Å². The van der Waals surface area contributed by atoms with E-state index >= 15 is 0 Å². The molecule has 0 fully saturated rings. The lowest BCUT2D eigenvalue weighted by Crippen LogP contribution is -2.30. The van der Waals surface area contributed by atoms with Crippen LogP contribution in [-0.4, -0.2) is 25.7 Å². The zero-order chi connectivity index (χ0) is 21.7. The second-order valence-electron chi connectivity index (χ2n) is 5.93. The number of hydrogen-bond acceptors (Lipinski definition) is 9. The highest BCUT2D eigenvalue weighted by Gasteiger charge is 2.25. The first-order valence-electron chi connectivity index (χ1n) is 8.40. The Morgan fingerprint density at radius 1 is 1.03 bits per heavy atom. The summed E-state index contributed by atoms with van der Waals surface area (Å²) in [5.41, 5.74) is 4.63. The number of carbonyl (C=O) groups excluding carboxylic acids is 1. The third-order valence-corrected chi connectivity index (χ3v) is 3.82. The molecular weight excluding hydrogens is 396 g/mol. The molecule has 0 aliphatic heterocycles. The quantitative estimate of drug-likeness (QED) is 0.440. The lowest BCUT2D eigenvalue weighted by atomic mass is 10.2. The van der Waals surface area contributed by atoms with E-state index in [1.165, 1.54) is 18.2 Å². The fourth-order valence-electron chi connectivity index (χ4n) is 2.36. The van der Waals surface area contributed by atoms with Crippen LogP contribution in [0.15, 0.2) is 54.9 Å². The molecule has 0 unspecified atom stereocenters. The van der Waals surface area contributed by atoms with Crippen LogP contribution in [0.3, 0.4) is 0 Å². The molecule has 0 radical (unpaired) electrons. The van der Waals surface area contributed by atoms with Crippen LogP contribution in [0.2, 0.25) is 0 Å². The van der Waals surface area contributed by atoms with Crippen LogP contribution in [-0.2, 0) is 0 Å². The number of rotatable bonds is 7. The van der Waals surface area contributed by atoms with Gasteiger partial charge in [-0.2, -0.15) is 4.98 Å². The summed E-state index contributed by atoms with van der Waals surface area (Å²) in [6.07, 6.45) is 1.03. The zero-order valence-electron chi connectivity index (χ0n) is 15.4. The van der Waals surface area contributed by atoms with E-state index in [0.717, 1.165) is 18.0 Å². The number of ether oxygens (including phenoxy) is 1. The van der Waals surface area contributed by atoms with Crippen LogP contribution >= 0.6 is 0 Å². The van der Waals surface area contributed by atoms with Gasteiger partial charge in [0.2, 0.25) is 5.82 Å². The normalized spacial score (nSPS) is 10.2. The van der Waals surface area contributed by atoms with Gasteiger partial charge in [-0.15, -0.1) is 0 Å². The highest BCUT2D eigenvalue weighted by molar-refractivity contribution is 5.95. The predicted octanol–water partition coefficient (Wildman–Crippen LogP) is 3.15.